The molecule has 3 heterocycles. The van der Waals surface area contributed by atoms with E-state index in [4.69, 9.17) is 9.47 Å². The lowest BCUT2D eigenvalue weighted by Crippen LogP contribution is -2.47. The summed E-state index contributed by atoms with van der Waals surface area (Å²) in [5, 5.41) is 10.1. The zero-order valence-corrected chi connectivity index (χ0v) is 27.6. The Hall–Kier alpha value is -3.52. The monoisotopic (exact) mass is 642 g/mol. The zero-order valence-electron chi connectivity index (χ0n) is 26.8. The summed E-state index contributed by atoms with van der Waals surface area (Å²) in [6.07, 6.45) is 8.49. The van der Waals surface area contributed by atoms with Gasteiger partial charge in [0.2, 0.25) is 0 Å². The van der Waals surface area contributed by atoms with Gasteiger partial charge >= 0.3 is 0 Å². The van der Waals surface area contributed by atoms with E-state index in [0.717, 1.165) is 31.4 Å². The number of pyridine rings is 1. The summed E-state index contributed by atoms with van der Waals surface area (Å²) >= 11 is 0. The molecule has 4 rings (SSSR count). The van der Waals surface area contributed by atoms with Gasteiger partial charge in [0.15, 0.2) is 5.03 Å². The second kappa shape index (κ2) is 15.7. The van der Waals surface area contributed by atoms with Crippen LogP contribution in [0, 0.1) is 5.92 Å². The van der Waals surface area contributed by atoms with Crippen molar-refractivity contribution in [1.82, 2.24) is 24.3 Å². The topological polar surface area (TPSA) is 139 Å². The maximum atomic E-state index is 14.3. The van der Waals surface area contributed by atoms with Gasteiger partial charge in [-0.3, -0.25) is 19.4 Å². The number of benzene rings is 1. The van der Waals surface area contributed by atoms with Gasteiger partial charge in [-0.15, -0.1) is 0 Å². The Balaban J connectivity index is 1.64. The molecule has 246 valence electrons. The van der Waals surface area contributed by atoms with Crippen molar-refractivity contribution >= 4 is 21.6 Å². The Morgan fingerprint density at radius 3 is 2.62 bits per heavy atom. The number of rotatable bonds is 9. The molecule has 12 nitrogen and oxygen atoms in total. The molecule has 0 spiro atoms. The largest absolute Gasteiger partial charge is 0.490 e. The number of nitrogens with one attached hydrogen (secondary N) is 1. The zero-order chi connectivity index (χ0) is 32.6. The first kappa shape index (κ1) is 34.4. The van der Waals surface area contributed by atoms with Crippen molar-refractivity contribution in [3.05, 3.63) is 66.4 Å². The van der Waals surface area contributed by atoms with Crippen LogP contribution in [-0.4, -0.2) is 95.4 Å². The lowest BCUT2D eigenvalue weighted by molar-refractivity contribution is -0.0177. The quantitative estimate of drug-likeness (QED) is 0.359. The van der Waals surface area contributed by atoms with Gasteiger partial charge in [0.1, 0.15) is 5.75 Å². The molecule has 0 bridgehead atoms. The molecule has 0 fully saturated rings. The predicted octanol–water partition coefficient (Wildman–Crippen LogP) is 3.54. The molecule has 0 unspecified atom stereocenters. The number of hydrogen-bond donors (Lipinski definition) is 2. The van der Waals surface area contributed by atoms with E-state index in [2.05, 4.69) is 26.5 Å². The number of aliphatic hydroxyl groups is 1. The minimum Gasteiger partial charge on any atom is -0.490 e. The molecule has 45 heavy (non-hydrogen) atoms. The molecule has 13 heteroatoms. The number of nitrogens with zero attached hydrogens (tertiary/aromatic N) is 5. The number of aromatic nitrogens is 3. The minimum atomic E-state index is -3.99. The molecule has 1 amide bonds. The standard InChI is InChI=1S/C32H46N6O6S/c1-23-17-38(24(2)21-39)32(40)28-16-27(35-45(41,42)31-20-37(5)22-34-31)9-10-29(28)44-25(3)8-6-7-15-43-30(23)19-36(4)18-26-11-13-33-14-12-26/h9-14,16,20,22-25,30,35,39H,6-8,15,17-19,21H2,1-5H3/t23-,24-,25+,30+/m0/s1. The molecule has 0 aliphatic carbocycles. The normalized spacial score (nSPS) is 21.1. The maximum Gasteiger partial charge on any atom is 0.280 e. The van der Waals surface area contributed by atoms with E-state index in [1.165, 1.54) is 18.6 Å². The van der Waals surface area contributed by atoms with Crippen LogP contribution in [0.3, 0.4) is 0 Å². The summed E-state index contributed by atoms with van der Waals surface area (Å²) in [7, 11) is -0.266. The number of ether oxygens (including phenoxy) is 2. The number of anilines is 1. The highest BCUT2D eigenvalue weighted by Gasteiger charge is 2.31. The molecule has 1 aliphatic heterocycles. The second-order valence-electron chi connectivity index (χ2n) is 12.0. The van der Waals surface area contributed by atoms with Gasteiger partial charge in [0.25, 0.3) is 15.9 Å². The number of carbonyl (C=O) groups is 1. The number of aliphatic hydroxyl groups excluding tert-OH is 1. The van der Waals surface area contributed by atoms with Gasteiger partial charge in [-0.25, -0.2) is 4.98 Å². The number of likely N-dealkylation sites (N-methyl/N-ethyl adjacent to an activating group) is 1. The molecule has 0 saturated heterocycles. The predicted molar refractivity (Wildman–Crippen MR) is 171 cm³/mol. The Morgan fingerprint density at radius 2 is 1.93 bits per heavy atom. The fourth-order valence-electron chi connectivity index (χ4n) is 5.36. The van der Waals surface area contributed by atoms with E-state index in [1.807, 2.05) is 26.1 Å². The van der Waals surface area contributed by atoms with Crippen LogP contribution in [0.25, 0.3) is 0 Å². The molecule has 1 aliphatic rings. The summed E-state index contributed by atoms with van der Waals surface area (Å²) < 4.78 is 42.8. The highest BCUT2D eigenvalue weighted by molar-refractivity contribution is 7.92. The van der Waals surface area contributed by atoms with Crippen LogP contribution in [0.1, 0.15) is 56.0 Å². The first-order chi connectivity index (χ1) is 21.5. The fourth-order valence-corrected chi connectivity index (χ4v) is 6.39. The Kier molecular flexibility index (Phi) is 12.0. The average Bonchev–Trinajstić information content (AvgIpc) is 3.46. The molecule has 3 aromatic rings. The van der Waals surface area contributed by atoms with E-state index < -0.39 is 16.1 Å². The lowest BCUT2D eigenvalue weighted by Gasteiger charge is -2.36. The minimum absolute atomic E-state index is 0.0834. The fraction of sp³-hybridized carbons (Fsp3) is 0.531. The van der Waals surface area contributed by atoms with E-state index in [0.29, 0.717) is 25.4 Å². The average molecular weight is 643 g/mol. The van der Waals surface area contributed by atoms with Crippen LogP contribution < -0.4 is 9.46 Å². The second-order valence-corrected chi connectivity index (χ2v) is 13.7. The summed E-state index contributed by atoms with van der Waals surface area (Å²) in [6, 6.07) is 8.16. The number of sulfonamides is 1. The number of carbonyl (C=O) groups excluding carboxylic acids is 1. The van der Waals surface area contributed by atoms with Gasteiger partial charge in [-0.05, 0) is 76.1 Å². The Morgan fingerprint density at radius 1 is 1.18 bits per heavy atom. The van der Waals surface area contributed by atoms with Crippen molar-refractivity contribution in [3.8, 4) is 5.75 Å². The highest BCUT2D eigenvalue weighted by atomic mass is 32.2. The number of aryl methyl sites for hydroxylation is 1. The Labute approximate surface area is 266 Å². The number of amides is 1. The molecule has 0 saturated carbocycles. The summed E-state index contributed by atoms with van der Waals surface area (Å²) in [5.41, 5.74) is 1.56. The van der Waals surface area contributed by atoms with Crippen molar-refractivity contribution in [2.75, 3.05) is 38.1 Å². The smallest absolute Gasteiger partial charge is 0.280 e. The van der Waals surface area contributed by atoms with E-state index in [9.17, 15) is 18.3 Å². The van der Waals surface area contributed by atoms with Gasteiger partial charge in [0, 0.05) is 63.5 Å². The van der Waals surface area contributed by atoms with Crippen molar-refractivity contribution in [2.24, 2.45) is 13.0 Å². The van der Waals surface area contributed by atoms with Crippen LogP contribution in [-0.2, 0) is 28.4 Å². The van der Waals surface area contributed by atoms with Crippen LogP contribution in [0.4, 0.5) is 5.69 Å². The van der Waals surface area contributed by atoms with Crippen LogP contribution >= 0.6 is 0 Å². The van der Waals surface area contributed by atoms with Crippen LogP contribution in [0.15, 0.2) is 60.3 Å². The summed E-state index contributed by atoms with van der Waals surface area (Å²) in [6.45, 7) is 7.82. The molecule has 2 N–H and O–H groups in total. The van der Waals surface area contributed by atoms with E-state index in [1.54, 1.807) is 48.0 Å². The summed E-state index contributed by atoms with van der Waals surface area (Å²) in [4.78, 5) is 26.2. The molecule has 2 aromatic heterocycles. The molecular formula is C32H46N6O6S. The van der Waals surface area contributed by atoms with Gasteiger partial charge in [-0.1, -0.05) is 6.92 Å². The number of fused-ring (bicyclic) bond motifs is 1. The maximum absolute atomic E-state index is 14.3. The third-order valence-corrected chi connectivity index (χ3v) is 9.22. The third kappa shape index (κ3) is 9.49. The molecule has 0 radical (unpaired) electrons. The van der Waals surface area contributed by atoms with E-state index >= 15 is 0 Å². The van der Waals surface area contributed by atoms with Gasteiger partial charge in [-0.2, -0.15) is 8.42 Å². The van der Waals surface area contributed by atoms with Crippen molar-refractivity contribution < 1.29 is 27.8 Å². The highest BCUT2D eigenvalue weighted by Crippen LogP contribution is 2.29. The van der Waals surface area contributed by atoms with Crippen LogP contribution in [0.2, 0.25) is 0 Å². The van der Waals surface area contributed by atoms with Crippen molar-refractivity contribution in [3.63, 3.8) is 0 Å². The first-order valence-corrected chi connectivity index (χ1v) is 16.9. The molecule has 4 atom stereocenters. The van der Waals surface area contributed by atoms with Gasteiger partial charge in [0.05, 0.1) is 36.7 Å². The van der Waals surface area contributed by atoms with Gasteiger partial charge < -0.3 is 24.0 Å². The molecule has 1 aromatic carbocycles. The van der Waals surface area contributed by atoms with Crippen LogP contribution in [0.5, 0.6) is 5.75 Å². The van der Waals surface area contributed by atoms with Crippen molar-refractivity contribution in [1.29, 1.82) is 0 Å². The number of hydrogen-bond acceptors (Lipinski definition) is 9. The lowest BCUT2D eigenvalue weighted by atomic mass is 10.0. The van der Waals surface area contributed by atoms with E-state index in [-0.39, 0.29) is 46.9 Å². The third-order valence-electron chi connectivity index (χ3n) is 7.95. The van der Waals surface area contributed by atoms with Crippen molar-refractivity contribution in [2.45, 2.75) is 69.9 Å². The molecular weight excluding hydrogens is 596 g/mol. The first-order valence-electron chi connectivity index (χ1n) is 15.4. The summed E-state index contributed by atoms with van der Waals surface area (Å²) in [5.74, 6) is -0.0941. The number of imidazole rings is 1. The Bertz CT molecular complexity index is 1500. The SMILES string of the molecule is C[C@@H]1CCCCO[C@H](CN(C)Cc2ccncc2)[C@@H](C)CN([C@@H](C)CO)C(=O)c2cc(NS(=O)(=O)c3cn(C)cn3)ccc2O1.